The van der Waals surface area contributed by atoms with Crippen molar-refractivity contribution in [3.8, 4) is 0 Å². The smallest absolute Gasteiger partial charge is 0.293 e. The highest BCUT2D eigenvalue weighted by Gasteiger charge is 2.04. The highest BCUT2D eigenvalue weighted by atomic mass is 16.6. The molecule has 1 heterocycles. The van der Waals surface area contributed by atoms with Gasteiger partial charge in [0.25, 0.3) is 6.47 Å². The van der Waals surface area contributed by atoms with Gasteiger partial charge in [-0.1, -0.05) is 5.16 Å². The second-order valence-corrected chi connectivity index (χ2v) is 1.81. The van der Waals surface area contributed by atoms with Gasteiger partial charge in [0, 0.05) is 6.42 Å². The van der Waals surface area contributed by atoms with Crippen LogP contribution in [0.2, 0.25) is 0 Å². The van der Waals surface area contributed by atoms with E-state index in [0.717, 1.165) is 0 Å². The summed E-state index contributed by atoms with van der Waals surface area (Å²) in [6.07, 6.45) is 0.425. The molecule has 0 fully saturated rings. The van der Waals surface area contributed by atoms with Crippen LogP contribution in [0.5, 0.6) is 0 Å². The molecule has 1 aromatic rings. The molecule has 11 heavy (non-hydrogen) atoms. The van der Waals surface area contributed by atoms with Gasteiger partial charge < -0.3 is 10.5 Å². The zero-order valence-corrected chi connectivity index (χ0v) is 5.69. The number of carbonyl (C=O) groups is 1. The Hall–Kier alpha value is -1.59. The Morgan fingerprint density at radius 2 is 2.45 bits per heavy atom. The van der Waals surface area contributed by atoms with Gasteiger partial charge in [-0.3, -0.25) is 4.79 Å². The lowest BCUT2D eigenvalue weighted by atomic mass is 10.3. The van der Waals surface area contributed by atoms with Gasteiger partial charge in [0.1, 0.15) is 5.69 Å². The van der Waals surface area contributed by atoms with E-state index in [1.165, 1.54) is 0 Å². The standard InChI is InChI=1S/C5H7N3O3/c6-5-4(7-11-8-5)1-2-10-3-9/h3H,1-2H2,(H2,6,8). The third-order valence-corrected chi connectivity index (χ3v) is 1.11. The minimum atomic E-state index is 0.236. The molecular formula is C5H7N3O3. The largest absolute Gasteiger partial charge is 0.467 e. The molecule has 0 aliphatic carbocycles. The van der Waals surface area contributed by atoms with Crippen LogP contribution in [0.15, 0.2) is 4.63 Å². The van der Waals surface area contributed by atoms with Crippen LogP contribution < -0.4 is 5.73 Å². The second kappa shape index (κ2) is 3.55. The Morgan fingerprint density at radius 3 is 3.00 bits per heavy atom. The third-order valence-electron chi connectivity index (χ3n) is 1.11. The Balaban J connectivity index is 2.38. The van der Waals surface area contributed by atoms with Gasteiger partial charge in [0.05, 0.1) is 6.61 Å². The molecule has 0 amide bonds. The average Bonchev–Trinajstić information content (AvgIpc) is 2.37. The van der Waals surface area contributed by atoms with Gasteiger partial charge in [0.15, 0.2) is 5.82 Å². The quantitative estimate of drug-likeness (QED) is 0.462. The molecule has 0 radical (unpaired) electrons. The first-order valence-corrected chi connectivity index (χ1v) is 2.96. The number of hydrogen-bond acceptors (Lipinski definition) is 6. The first-order valence-electron chi connectivity index (χ1n) is 2.96. The molecule has 6 heteroatoms. The summed E-state index contributed by atoms with van der Waals surface area (Å²) in [5.41, 5.74) is 5.82. The van der Waals surface area contributed by atoms with Crippen molar-refractivity contribution in [3.05, 3.63) is 5.69 Å². The van der Waals surface area contributed by atoms with Gasteiger partial charge in [-0.2, -0.15) is 0 Å². The van der Waals surface area contributed by atoms with Crippen LogP contribution in [0.3, 0.4) is 0 Å². The number of ether oxygens (including phenoxy) is 1. The van der Waals surface area contributed by atoms with Crippen molar-refractivity contribution in [1.82, 2.24) is 10.3 Å². The zero-order chi connectivity index (χ0) is 8.10. The van der Waals surface area contributed by atoms with Gasteiger partial charge in [-0.25, -0.2) is 4.63 Å². The van der Waals surface area contributed by atoms with Crippen molar-refractivity contribution in [2.75, 3.05) is 12.3 Å². The van der Waals surface area contributed by atoms with Crippen molar-refractivity contribution in [1.29, 1.82) is 0 Å². The highest BCUT2D eigenvalue weighted by Crippen LogP contribution is 2.03. The number of nitrogen functional groups attached to an aromatic ring is 1. The molecule has 0 unspecified atom stereocenters. The fraction of sp³-hybridized carbons (Fsp3) is 0.400. The van der Waals surface area contributed by atoms with E-state index in [0.29, 0.717) is 18.6 Å². The number of nitrogens with two attached hydrogens (primary N) is 1. The molecule has 1 rings (SSSR count). The first-order chi connectivity index (χ1) is 5.34. The van der Waals surface area contributed by atoms with Gasteiger partial charge >= 0.3 is 0 Å². The van der Waals surface area contributed by atoms with Crippen LogP contribution in [0.1, 0.15) is 5.69 Å². The number of rotatable bonds is 4. The van der Waals surface area contributed by atoms with Gasteiger partial charge in [-0.05, 0) is 5.16 Å². The summed E-state index contributed by atoms with van der Waals surface area (Å²) in [6, 6.07) is 0. The van der Waals surface area contributed by atoms with E-state index < -0.39 is 0 Å². The molecule has 0 spiro atoms. The molecule has 0 saturated heterocycles. The van der Waals surface area contributed by atoms with Crippen molar-refractivity contribution < 1.29 is 14.2 Å². The minimum Gasteiger partial charge on any atom is -0.467 e. The maximum Gasteiger partial charge on any atom is 0.293 e. The fourth-order valence-electron chi connectivity index (χ4n) is 0.591. The van der Waals surface area contributed by atoms with Crippen LogP contribution in [-0.4, -0.2) is 23.4 Å². The normalized spacial score (nSPS) is 9.45. The molecule has 0 saturated carbocycles. The Morgan fingerprint density at radius 1 is 1.64 bits per heavy atom. The number of carbonyl (C=O) groups excluding carboxylic acids is 1. The van der Waals surface area contributed by atoms with E-state index in [2.05, 4.69) is 19.7 Å². The van der Waals surface area contributed by atoms with E-state index in [9.17, 15) is 4.79 Å². The van der Waals surface area contributed by atoms with E-state index in [-0.39, 0.29) is 12.4 Å². The monoisotopic (exact) mass is 157 g/mol. The lowest BCUT2D eigenvalue weighted by Gasteiger charge is -1.93. The molecule has 0 aliphatic rings. The van der Waals surface area contributed by atoms with Crippen molar-refractivity contribution in [3.63, 3.8) is 0 Å². The summed E-state index contributed by atoms with van der Waals surface area (Å²) in [5.74, 6) is 0.236. The number of anilines is 1. The Bertz CT molecular complexity index is 235. The van der Waals surface area contributed by atoms with E-state index in [1.807, 2.05) is 0 Å². The Kier molecular flexibility index (Phi) is 2.42. The molecular weight excluding hydrogens is 150 g/mol. The SMILES string of the molecule is Nc1nonc1CCOC=O. The van der Waals surface area contributed by atoms with Gasteiger partial charge in [-0.15, -0.1) is 0 Å². The average molecular weight is 157 g/mol. The fourth-order valence-corrected chi connectivity index (χ4v) is 0.591. The summed E-state index contributed by atoms with van der Waals surface area (Å²) in [6.45, 7) is 0.603. The summed E-state index contributed by atoms with van der Waals surface area (Å²) >= 11 is 0. The molecule has 0 aliphatic heterocycles. The minimum absolute atomic E-state index is 0.236. The Labute approximate surface area is 62.3 Å². The summed E-state index contributed by atoms with van der Waals surface area (Å²) in [4.78, 5) is 9.71. The maximum atomic E-state index is 9.71. The van der Waals surface area contributed by atoms with Crippen molar-refractivity contribution >= 4 is 12.3 Å². The van der Waals surface area contributed by atoms with E-state index in [1.54, 1.807) is 0 Å². The molecule has 60 valence electrons. The number of nitrogens with zero attached hydrogens (tertiary/aromatic N) is 2. The predicted octanol–water partition coefficient (Wildman–Crippen LogP) is -0.633. The maximum absolute atomic E-state index is 9.71. The molecule has 0 bridgehead atoms. The lowest BCUT2D eigenvalue weighted by molar-refractivity contribution is -0.128. The molecule has 2 N–H and O–H groups in total. The molecule has 1 aromatic heterocycles. The van der Waals surface area contributed by atoms with Crippen LogP contribution in [0.4, 0.5) is 5.82 Å². The van der Waals surface area contributed by atoms with Crippen molar-refractivity contribution in [2.24, 2.45) is 0 Å². The number of hydrogen-bond donors (Lipinski definition) is 1. The van der Waals surface area contributed by atoms with Gasteiger partial charge in [0.2, 0.25) is 0 Å². The van der Waals surface area contributed by atoms with Crippen LogP contribution in [0.25, 0.3) is 0 Å². The zero-order valence-electron chi connectivity index (χ0n) is 5.69. The van der Waals surface area contributed by atoms with E-state index in [4.69, 9.17) is 5.73 Å². The summed E-state index contributed by atoms with van der Waals surface area (Å²) < 4.78 is 8.72. The number of aromatic nitrogens is 2. The second-order valence-electron chi connectivity index (χ2n) is 1.81. The van der Waals surface area contributed by atoms with Crippen LogP contribution in [0, 0.1) is 0 Å². The summed E-state index contributed by atoms with van der Waals surface area (Å²) in [7, 11) is 0. The lowest BCUT2D eigenvalue weighted by Crippen LogP contribution is -1.99. The van der Waals surface area contributed by atoms with Crippen LogP contribution in [-0.2, 0) is 16.0 Å². The van der Waals surface area contributed by atoms with Crippen LogP contribution >= 0.6 is 0 Å². The molecule has 6 nitrogen and oxygen atoms in total. The summed E-state index contributed by atoms with van der Waals surface area (Å²) in [5, 5.41) is 6.82. The molecule has 0 atom stereocenters. The van der Waals surface area contributed by atoms with E-state index >= 15 is 0 Å². The third kappa shape index (κ3) is 1.92. The van der Waals surface area contributed by atoms with Crippen molar-refractivity contribution in [2.45, 2.75) is 6.42 Å². The first kappa shape index (κ1) is 7.52. The highest BCUT2D eigenvalue weighted by molar-refractivity contribution is 5.37. The molecule has 0 aromatic carbocycles. The predicted molar refractivity (Wildman–Crippen MR) is 34.4 cm³/mol. The topological polar surface area (TPSA) is 91.2 Å².